The number of nitrogens with one attached hydrogen (secondary N) is 1. The van der Waals surface area contributed by atoms with Crippen molar-refractivity contribution in [1.29, 1.82) is 0 Å². The Morgan fingerprint density at radius 1 is 1.47 bits per heavy atom. The first-order valence-electron chi connectivity index (χ1n) is 5.97. The highest BCUT2D eigenvalue weighted by Crippen LogP contribution is 2.15. The van der Waals surface area contributed by atoms with Crippen molar-refractivity contribution in [3.63, 3.8) is 0 Å². The molecule has 0 atom stereocenters. The Morgan fingerprint density at radius 2 is 2.26 bits per heavy atom. The zero-order chi connectivity index (χ0) is 13.8. The second-order valence-corrected chi connectivity index (χ2v) is 4.06. The summed E-state index contributed by atoms with van der Waals surface area (Å²) in [5.74, 6) is 0. The number of non-ortho nitro benzene ring substituents is 1. The highest BCUT2D eigenvalue weighted by molar-refractivity contribution is 5.79. The lowest BCUT2D eigenvalue weighted by Gasteiger charge is -2.06. The number of hydrogen-bond donors (Lipinski definition) is 1. The van der Waals surface area contributed by atoms with Crippen LogP contribution in [0, 0.1) is 10.1 Å². The molecule has 1 heterocycles. The molecule has 0 saturated carbocycles. The fourth-order valence-electron chi connectivity index (χ4n) is 1.80. The standard InChI is InChI=1S/C12H14N4O3/c1-2-13-5-6-15-8-14-11-4-3-9(16(18)19)7-10(11)12(15)17/h3-4,7-8,13H,2,5-6H2,1H3. The molecule has 1 N–H and O–H groups in total. The van der Waals surface area contributed by atoms with Crippen LogP contribution >= 0.6 is 0 Å². The number of nitrogens with zero attached hydrogens (tertiary/aromatic N) is 3. The third-order valence-corrected chi connectivity index (χ3v) is 2.80. The van der Waals surface area contributed by atoms with Crippen molar-refractivity contribution in [3.8, 4) is 0 Å². The van der Waals surface area contributed by atoms with Gasteiger partial charge in [-0.25, -0.2) is 4.98 Å². The van der Waals surface area contributed by atoms with Gasteiger partial charge in [0.15, 0.2) is 0 Å². The largest absolute Gasteiger partial charge is 0.315 e. The Morgan fingerprint density at radius 3 is 2.95 bits per heavy atom. The van der Waals surface area contributed by atoms with Crippen molar-refractivity contribution in [1.82, 2.24) is 14.9 Å². The maximum Gasteiger partial charge on any atom is 0.270 e. The Kier molecular flexibility index (Phi) is 3.86. The summed E-state index contributed by atoms with van der Waals surface area (Å²) in [6.45, 7) is 3.93. The van der Waals surface area contributed by atoms with Gasteiger partial charge in [0.25, 0.3) is 11.2 Å². The predicted octanol–water partition coefficient (Wildman–Crippen LogP) is 0.914. The Balaban J connectivity index is 2.44. The van der Waals surface area contributed by atoms with Gasteiger partial charge < -0.3 is 5.32 Å². The third kappa shape index (κ3) is 2.76. The van der Waals surface area contributed by atoms with Gasteiger partial charge in [-0.15, -0.1) is 0 Å². The highest BCUT2D eigenvalue weighted by Gasteiger charge is 2.10. The molecule has 19 heavy (non-hydrogen) atoms. The molecule has 0 aliphatic rings. The second-order valence-electron chi connectivity index (χ2n) is 4.06. The van der Waals surface area contributed by atoms with Crippen molar-refractivity contribution in [2.45, 2.75) is 13.5 Å². The average Bonchev–Trinajstić information content (AvgIpc) is 2.41. The summed E-state index contributed by atoms with van der Waals surface area (Å²) in [7, 11) is 0. The topological polar surface area (TPSA) is 90.1 Å². The summed E-state index contributed by atoms with van der Waals surface area (Å²) >= 11 is 0. The minimum absolute atomic E-state index is 0.101. The number of nitro benzene ring substituents is 1. The summed E-state index contributed by atoms with van der Waals surface area (Å²) in [6.07, 6.45) is 1.47. The van der Waals surface area contributed by atoms with Gasteiger partial charge in [0.05, 0.1) is 22.2 Å². The predicted molar refractivity (Wildman–Crippen MR) is 71.2 cm³/mol. The van der Waals surface area contributed by atoms with Gasteiger partial charge in [0.1, 0.15) is 0 Å². The smallest absolute Gasteiger partial charge is 0.270 e. The molecule has 0 spiro atoms. The van der Waals surface area contributed by atoms with E-state index in [-0.39, 0.29) is 16.6 Å². The van der Waals surface area contributed by atoms with Crippen LogP contribution in [0.25, 0.3) is 10.9 Å². The SMILES string of the molecule is CCNCCn1cnc2ccc([N+](=O)[O-])cc2c1=O. The van der Waals surface area contributed by atoms with Crippen LogP contribution in [0.3, 0.4) is 0 Å². The first-order chi connectivity index (χ1) is 9.13. The second kappa shape index (κ2) is 5.57. The van der Waals surface area contributed by atoms with Gasteiger partial charge in [0, 0.05) is 25.2 Å². The molecule has 0 unspecified atom stereocenters. The van der Waals surface area contributed by atoms with Crippen molar-refractivity contribution in [3.05, 3.63) is 45.0 Å². The van der Waals surface area contributed by atoms with Crippen molar-refractivity contribution in [2.24, 2.45) is 0 Å². The van der Waals surface area contributed by atoms with Crippen molar-refractivity contribution < 1.29 is 4.92 Å². The lowest BCUT2D eigenvalue weighted by Crippen LogP contribution is -2.27. The summed E-state index contributed by atoms with van der Waals surface area (Å²) in [6, 6.07) is 4.11. The molecule has 2 rings (SSSR count). The van der Waals surface area contributed by atoms with Gasteiger partial charge in [-0.3, -0.25) is 19.5 Å². The molecular formula is C12H14N4O3. The Bertz CT molecular complexity index is 666. The van der Waals surface area contributed by atoms with E-state index in [9.17, 15) is 14.9 Å². The lowest BCUT2D eigenvalue weighted by atomic mass is 10.2. The summed E-state index contributed by atoms with van der Waals surface area (Å²) < 4.78 is 1.45. The van der Waals surface area contributed by atoms with Crippen LogP contribution in [0.15, 0.2) is 29.3 Å². The van der Waals surface area contributed by atoms with Crippen LogP contribution in [-0.2, 0) is 6.54 Å². The zero-order valence-electron chi connectivity index (χ0n) is 10.5. The number of nitro groups is 1. The van der Waals surface area contributed by atoms with Crippen LogP contribution in [0.4, 0.5) is 5.69 Å². The van der Waals surface area contributed by atoms with E-state index in [1.54, 1.807) is 0 Å². The number of likely N-dealkylation sites (N-methyl/N-ethyl adjacent to an activating group) is 1. The van der Waals surface area contributed by atoms with Crippen LogP contribution < -0.4 is 10.9 Å². The molecule has 0 bridgehead atoms. The fraction of sp³-hybridized carbons (Fsp3) is 0.333. The zero-order valence-corrected chi connectivity index (χ0v) is 10.5. The van der Waals surface area contributed by atoms with E-state index in [0.29, 0.717) is 18.6 Å². The third-order valence-electron chi connectivity index (χ3n) is 2.80. The van der Waals surface area contributed by atoms with Gasteiger partial charge in [0.2, 0.25) is 0 Å². The highest BCUT2D eigenvalue weighted by atomic mass is 16.6. The monoisotopic (exact) mass is 262 g/mol. The van der Waals surface area contributed by atoms with Gasteiger partial charge in [-0.2, -0.15) is 0 Å². The molecule has 2 aromatic rings. The van der Waals surface area contributed by atoms with Crippen molar-refractivity contribution in [2.75, 3.05) is 13.1 Å². The minimum atomic E-state index is -0.519. The maximum atomic E-state index is 12.2. The Hall–Kier alpha value is -2.28. The number of rotatable bonds is 5. The molecular weight excluding hydrogens is 248 g/mol. The molecule has 0 fully saturated rings. The van der Waals surface area contributed by atoms with Gasteiger partial charge in [-0.05, 0) is 12.6 Å². The molecule has 1 aromatic heterocycles. The molecule has 7 nitrogen and oxygen atoms in total. The average molecular weight is 262 g/mol. The van der Waals surface area contributed by atoms with E-state index >= 15 is 0 Å². The molecule has 100 valence electrons. The number of hydrogen-bond acceptors (Lipinski definition) is 5. The van der Waals surface area contributed by atoms with E-state index in [2.05, 4.69) is 10.3 Å². The van der Waals surface area contributed by atoms with E-state index in [1.807, 2.05) is 6.92 Å². The van der Waals surface area contributed by atoms with Crippen LogP contribution in [0.2, 0.25) is 0 Å². The maximum absolute atomic E-state index is 12.2. The molecule has 0 amide bonds. The fourth-order valence-corrected chi connectivity index (χ4v) is 1.80. The lowest BCUT2D eigenvalue weighted by molar-refractivity contribution is -0.384. The molecule has 0 aliphatic heterocycles. The van der Waals surface area contributed by atoms with Crippen LogP contribution in [0.5, 0.6) is 0 Å². The first-order valence-corrected chi connectivity index (χ1v) is 5.97. The van der Waals surface area contributed by atoms with E-state index < -0.39 is 4.92 Å². The number of fused-ring (bicyclic) bond motifs is 1. The van der Waals surface area contributed by atoms with E-state index in [4.69, 9.17) is 0 Å². The molecule has 0 radical (unpaired) electrons. The number of aromatic nitrogens is 2. The normalized spacial score (nSPS) is 10.8. The Labute approximate surface area is 109 Å². The quantitative estimate of drug-likeness (QED) is 0.491. The molecule has 0 saturated heterocycles. The van der Waals surface area contributed by atoms with Gasteiger partial charge in [-0.1, -0.05) is 6.92 Å². The number of benzene rings is 1. The summed E-state index contributed by atoms with van der Waals surface area (Å²) in [5, 5.41) is 14.1. The summed E-state index contributed by atoms with van der Waals surface area (Å²) in [5.41, 5.74) is 0.109. The van der Waals surface area contributed by atoms with Gasteiger partial charge >= 0.3 is 0 Å². The molecule has 0 aliphatic carbocycles. The van der Waals surface area contributed by atoms with E-state index in [1.165, 1.54) is 29.1 Å². The van der Waals surface area contributed by atoms with E-state index in [0.717, 1.165) is 6.54 Å². The first kappa shape index (κ1) is 13.2. The van der Waals surface area contributed by atoms with Crippen LogP contribution in [0.1, 0.15) is 6.92 Å². The minimum Gasteiger partial charge on any atom is -0.315 e. The summed E-state index contributed by atoms with van der Waals surface area (Å²) in [4.78, 5) is 26.5. The van der Waals surface area contributed by atoms with Crippen LogP contribution in [-0.4, -0.2) is 27.6 Å². The van der Waals surface area contributed by atoms with Crippen molar-refractivity contribution >= 4 is 16.6 Å². The molecule has 7 heteroatoms. The molecule has 1 aromatic carbocycles.